The summed E-state index contributed by atoms with van der Waals surface area (Å²) in [4.78, 5) is 7.38. The van der Waals surface area contributed by atoms with Gasteiger partial charge in [-0.25, -0.2) is 4.68 Å². The third-order valence-electron chi connectivity index (χ3n) is 5.65. The van der Waals surface area contributed by atoms with Crippen LogP contribution in [0.4, 0.5) is 0 Å². The quantitative estimate of drug-likeness (QED) is 0.388. The van der Waals surface area contributed by atoms with Gasteiger partial charge in [0.05, 0.1) is 17.9 Å². The molecule has 1 fully saturated rings. The Hall–Kier alpha value is -2.34. The number of likely N-dealkylation sites (tertiary alicyclic amines) is 1. The summed E-state index contributed by atoms with van der Waals surface area (Å²) in [6.45, 7) is 11.5. The van der Waals surface area contributed by atoms with Crippen LogP contribution in [0, 0.1) is 6.92 Å². The van der Waals surface area contributed by atoms with Crippen LogP contribution in [0.15, 0.2) is 41.5 Å². The van der Waals surface area contributed by atoms with Gasteiger partial charge in [0.2, 0.25) is 0 Å². The average Bonchev–Trinajstić information content (AvgIpc) is 3.36. The van der Waals surface area contributed by atoms with Gasteiger partial charge in [-0.2, -0.15) is 5.10 Å². The molecule has 2 heterocycles. The van der Waals surface area contributed by atoms with Crippen LogP contribution < -0.4 is 10.6 Å². The van der Waals surface area contributed by atoms with Crippen LogP contribution in [-0.4, -0.2) is 59.4 Å². The Bertz CT molecular complexity index is 767. The molecule has 29 heavy (non-hydrogen) atoms. The van der Waals surface area contributed by atoms with Crippen molar-refractivity contribution in [3.8, 4) is 5.69 Å². The van der Waals surface area contributed by atoms with Crippen LogP contribution in [-0.2, 0) is 6.42 Å². The maximum atomic E-state index is 4.84. The van der Waals surface area contributed by atoms with Gasteiger partial charge >= 0.3 is 0 Å². The summed E-state index contributed by atoms with van der Waals surface area (Å²) in [5.41, 5.74) is 3.52. The highest BCUT2D eigenvalue weighted by Crippen LogP contribution is 2.16. The zero-order valence-corrected chi connectivity index (χ0v) is 18.2. The normalized spacial score (nSPS) is 17.6. The van der Waals surface area contributed by atoms with E-state index >= 15 is 0 Å². The van der Waals surface area contributed by atoms with E-state index in [1.54, 1.807) is 0 Å². The van der Waals surface area contributed by atoms with Crippen molar-refractivity contribution in [3.05, 3.63) is 47.8 Å². The predicted molar refractivity (Wildman–Crippen MR) is 121 cm³/mol. The molecule has 0 radical (unpaired) electrons. The van der Waals surface area contributed by atoms with E-state index in [1.807, 2.05) is 22.9 Å². The van der Waals surface area contributed by atoms with Crippen LogP contribution in [0.3, 0.4) is 0 Å². The zero-order chi connectivity index (χ0) is 20.5. The highest BCUT2D eigenvalue weighted by atomic mass is 15.3. The fourth-order valence-electron chi connectivity index (χ4n) is 4.00. The van der Waals surface area contributed by atoms with Gasteiger partial charge in [0.15, 0.2) is 5.96 Å². The van der Waals surface area contributed by atoms with Crippen molar-refractivity contribution < 1.29 is 0 Å². The summed E-state index contributed by atoms with van der Waals surface area (Å²) < 4.78 is 1.98. The number of benzene rings is 1. The van der Waals surface area contributed by atoms with Crippen LogP contribution in [0.1, 0.15) is 44.4 Å². The lowest BCUT2D eigenvalue weighted by Crippen LogP contribution is -2.39. The molecule has 1 unspecified atom stereocenters. The Morgan fingerprint density at radius 1 is 1.21 bits per heavy atom. The van der Waals surface area contributed by atoms with E-state index in [2.05, 4.69) is 59.7 Å². The molecule has 1 aromatic carbocycles. The number of guanidine groups is 1. The zero-order valence-electron chi connectivity index (χ0n) is 18.2. The number of aliphatic imine (C=N–C) groups is 1. The lowest BCUT2D eigenvalue weighted by atomic mass is 10.1. The second-order valence-electron chi connectivity index (χ2n) is 7.69. The van der Waals surface area contributed by atoms with E-state index in [9.17, 15) is 0 Å². The molecule has 2 N–H and O–H groups in total. The van der Waals surface area contributed by atoms with Gasteiger partial charge in [0.1, 0.15) is 0 Å². The van der Waals surface area contributed by atoms with Crippen molar-refractivity contribution in [2.45, 2.75) is 52.5 Å². The van der Waals surface area contributed by atoms with Gasteiger partial charge in [-0.1, -0.05) is 25.1 Å². The van der Waals surface area contributed by atoms with Crippen LogP contribution in [0.25, 0.3) is 5.69 Å². The second kappa shape index (κ2) is 11.0. The van der Waals surface area contributed by atoms with Gasteiger partial charge in [-0.05, 0) is 70.3 Å². The smallest absolute Gasteiger partial charge is 0.191 e. The Morgan fingerprint density at radius 2 is 2.03 bits per heavy atom. The molecule has 158 valence electrons. The molecule has 0 saturated carbocycles. The van der Waals surface area contributed by atoms with Crippen LogP contribution in [0.2, 0.25) is 0 Å². The molecule has 0 aliphatic carbocycles. The number of nitrogens with one attached hydrogen (secondary N) is 2. The average molecular weight is 397 g/mol. The molecule has 1 aliphatic rings. The molecule has 6 heteroatoms. The monoisotopic (exact) mass is 396 g/mol. The fraction of sp³-hybridized carbons (Fsp3) is 0.565. The summed E-state index contributed by atoms with van der Waals surface area (Å²) in [5.74, 6) is 0.937. The SMILES string of the molecule is CCNC(=NCC1CCCN1CC)NCCCc1cn(-c2ccccc2)nc1C. The number of likely N-dealkylation sites (N-methyl/N-ethyl adjacent to an activating group) is 1. The van der Waals surface area contributed by atoms with Crippen molar-refractivity contribution in [2.24, 2.45) is 4.99 Å². The number of para-hydroxylation sites is 1. The van der Waals surface area contributed by atoms with Gasteiger partial charge in [-0.3, -0.25) is 9.89 Å². The third-order valence-corrected chi connectivity index (χ3v) is 5.65. The number of aromatic nitrogens is 2. The van der Waals surface area contributed by atoms with E-state index in [0.29, 0.717) is 6.04 Å². The molecule has 3 rings (SSSR count). The Kier molecular flexibility index (Phi) is 8.11. The highest BCUT2D eigenvalue weighted by Gasteiger charge is 2.22. The van der Waals surface area contributed by atoms with E-state index < -0.39 is 0 Å². The molecule has 0 amide bonds. The first-order valence-corrected chi connectivity index (χ1v) is 11.1. The summed E-state index contributed by atoms with van der Waals surface area (Å²) in [6, 6.07) is 10.9. The van der Waals surface area contributed by atoms with Crippen LogP contribution >= 0.6 is 0 Å². The molecule has 6 nitrogen and oxygen atoms in total. The minimum absolute atomic E-state index is 0.599. The summed E-state index contributed by atoms with van der Waals surface area (Å²) in [7, 11) is 0. The van der Waals surface area contributed by atoms with Gasteiger partial charge in [0, 0.05) is 25.3 Å². The summed E-state index contributed by atoms with van der Waals surface area (Å²) in [5, 5.41) is 11.5. The Morgan fingerprint density at radius 3 is 2.79 bits per heavy atom. The first-order valence-electron chi connectivity index (χ1n) is 11.1. The largest absolute Gasteiger partial charge is 0.357 e. The first-order chi connectivity index (χ1) is 14.2. The second-order valence-corrected chi connectivity index (χ2v) is 7.69. The number of hydrogen-bond acceptors (Lipinski definition) is 3. The third kappa shape index (κ3) is 6.07. The fourth-order valence-corrected chi connectivity index (χ4v) is 4.00. The topological polar surface area (TPSA) is 57.5 Å². The molecular weight excluding hydrogens is 360 g/mol. The van der Waals surface area contributed by atoms with Crippen molar-refractivity contribution in [2.75, 3.05) is 32.7 Å². The number of aryl methyl sites for hydroxylation is 2. The molecule has 1 saturated heterocycles. The Balaban J connectivity index is 1.48. The maximum absolute atomic E-state index is 4.84. The van der Waals surface area contributed by atoms with Gasteiger partial charge in [0.25, 0.3) is 0 Å². The number of nitrogens with zero attached hydrogens (tertiary/aromatic N) is 4. The van der Waals surface area contributed by atoms with E-state index in [1.165, 1.54) is 24.9 Å². The molecule has 1 aliphatic heterocycles. The molecule has 1 atom stereocenters. The number of rotatable bonds is 9. The first kappa shape index (κ1) is 21.4. The summed E-state index contributed by atoms with van der Waals surface area (Å²) in [6.07, 6.45) is 6.78. The predicted octanol–water partition coefficient (Wildman–Crippen LogP) is 3.15. The number of hydrogen-bond donors (Lipinski definition) is 2. The van der Waals surface area contributed by atoms with Crippen molar-refractivity contribution in [1.82, 2.24) is 25.3 Å². The molecule has 1 aromatic heterocycles. The standard InChI is InChI=1S/C23H36N6/c1-4-24-23(26-17-22-14-10-16-28(22)5-2)25-15-9-11-20-18-29(27-19(20)3)21-12-7-6-8-13-21/h6-8,12-13,18,22H,4-5,9-11,14-17H2,1-3H3,(H2,24,25,26). The van der Waals surface area contributed by atoms with Crippen molar-refractivity contribution in [3.63, 3.8) is 0 Å². The van der Waals surface area contributed by atoms with E-state index in [4.69, 9.17) is 4.99 Å². The lowest BCUT2D eigenvalue weighted by Gasteiger charge is -2.21. The van der Waals surface area contributed by atoms with Crippen LogP contribution in [0.5, 0.6) is 0 Å². The van der Waals surface area contributed by atoms with Gasteiger partial charge in [-0.15, -0.1) is 0 Å². The molecule has 0 bridgehead atoms. The molecule has 2 aromatic rings. The minimum Gasteiger partial charge on any atom is -0.357 e. The molecular formula is C23H36N6. The van der Waals surface area contributed by atoms with Crippen molar-refractivity contribution in [1.29, 1.82) is 0 Å². The Labute approximate surface area is 175 Å². The van der Waals surface area contributed by atoms with Gasteiger partial charge < -0.3 is 10.6 Å². The lowest BCUT2D eigenvalue weighted by molar-refractivity contribution is 0.273. The van der Waals surface area contributed by atoms with E-state index in [0.717, 1.165) is 56.4 Å². The minimum atomic E-state index is 0.599. The highest BCUT2D eigenvalue weighted by molar-refractivity contribution is 5.79. The summed E-state index contributed by atoms with van der Waals surface area (Å²) >= 11 is 0. The molecule has 0 spiro atoms. The van der Waals surface area contributed by atoms with Crippen molar-refractivity contribution >= 4 is 5.96 Å². The maximum Gasteiger partial charge on any atom is 0.191 e. The van der Waals surface area contributed by atoms with E-state index in [-0.39, 0.29) is 0 Å².